The van der Waals surface area contributed by atoms with Crippen molar-refractivity contribution in [2.75, 3.05) is 13.2 Å². The Hall–Kier alpha value is -0.0400. The van der Waals surface area contributed by atoms with E-state index in [0.717, 1.165) is 13.2 Å². The van der Waals surface area contributed by atoms with E-state index >= 15 is 0 Å². The van der Waals surface area contributed by atoms with Gasteiger partial charge >= 0.3 is 0 Å². The lowest BCUT2D eigenvalue weighted by atomic mass is 10.1. The maximum absolute atomic E-state index is 5.48. The van der Waals surface area contributed by atoms with Gasteiger partial charge in [0.1, 0.15) is 0 Å². The van der Waals surface area contributed by atoms with Gasteiger partial charge in [0.15, 0.2) is 0 Å². The molecule has 11 heavy (non-hydrogen) atoms. The Morgan fingerprint density at radius 1 is 1.09 bits per heavy atom. The lowest BCUT2D eigenvalue weighted by Gasteiger charge is -2.11. The molecule has 1 radical (unpaired) electrons. The molecule has 0 aliphatic heterocycles. The number of ether oxygens (including phenoxy) is 1. The molecule has 0 aliphatic carbocycles. The van der Waals surface area contributed by atoms with Crippen molar-refractivity contribution in [2.45, 2.75) is 46.5 Å². The summed E-state index contributed by atoms with van der Waals surface area (Å²) in [7, 11) is 0. The van der Waals surface area contributed by atoms with E-state index in [4.69, 9.17) is 4.74 Å². The van der Waals surface area contributed by atoms with Crippen molar-refractivity contribution < 1.29 is 4.74 Å². The lowest BCUT2D eigenvalue weighted by molar-refractivity contribution is 0.136. The van der Waals surface area contributed by atoms with Gasteiger partial charge in [0, 0.05) is 12.5 Å². The van der Waals surface area contributed by atoms with Gasteiger partial charge in [-0.2, -0.15) is 0 Å². The summed E-state index contributed by atoms with van der Waals surface area (Å²) in [6, 6.07) is 0. The summed E-state index contributed by atoms with van der Waals surface area (Å²) in [5.41, 5.74) is 0. The van der Waals surface area contributed by atoms with E-state index in [1.807, 2.05) is 0 Å². The highest BCUT2D eigenvalue weighted by atomic mass is 16.5. The molecule has 0 fully saturated rings. The highest BCUT2D eigenvalue weighted by Crippen LogP contribution is 2.10. The van der Waals surface area contributed by atoms with Crippen molar-refractivity contribution in [1.82, 2.24) is 0 Å². The summed E-state index contributed by atoms with van der Waals surface area (Å²) >= 11 is 0. The van der Waals surface area contributed by atoms with Crippen LogP contribution in [0.3, 0.4) is 0 Å². The predicted octanol–water partition coefficient (Wildman–Crippen LogP) is 3.20. The number of hydrogen-bond acceptors (Lipinski definition) is 1. The van der Waals surface area contributed by atoms with Gasteiger partial charge in [0.25, 0.3) is 0 Å². The average molecular weight is 157 g/mol. The molecule has 0 amide bonds. The largest absolute Gasteiger partial charge is 0.381 e. The fraction of sp³-hybridized carbons (Fsp3) is 0.900. The molecule has 0 saturated carbocycles. The summed E-state index contributed by atoms with van der Waals surface area (Å²) in [6.45, 7) is 8.39. The smallest absolute Gasteiger partial charge is 0.0528 e. The zero-order valence-electron chi connectivity index (χ0n) is 8.15. The molecule has 0 saturated heterocycles. The summed E-state index contributed by atoms with van der Waals surface area (Å²) < 4.78 is 5.48. The first-order chi connectivity index (χ1) is 5.35. The molecule has 1 heteroatoms. The molecule has 0 aromatic heterocycles. The first kappa shape index (κ1) is 11.0. The normalized spacial score (nSPS) is 10.9. The maximum Gasteiger partial charge on any atom is 0.0528 e. The summed E-state index contributed by atoms with van der Waals surface area (Å²) in [6.07, 6.45) is 4.76. The molecule has 67 valence electrons. The van der Waals surface area contributed by atoms with Crippen LogP contribution in [0.1, 0.15) is 46.5 Å². The Balaban J connectivity index is 3.07. The zero-order valence-corrected chi connectivity index (χ0v) is 8.15. The molecule has 0 aromatic carbocycles. The molecule has 0 atom stereocenters. The Bertz CT molecular complexity index is 67.3. The van der Waals surface area contributed by atoms with Crippen molar-refractivity contribution in [1.29, 1.82) is 0 Å². The third-order valence-electron chi connectivity index (χ3n) is 1.95. The SMILES string of the molecule is CCCCOC[C](CC)CC. The molecule has 0 N–H and O–H groups in total. The van der Waals surface area contributed by atoms with Crippen LogP contribution in [0.25, 0.3) is 0 Å². The van der Waals surface area contributed by atoms with Crippen molar-refractivity contribution in [3.05, 3.63) is 5.92 Å². The third kappa shape index (κ3) is 6.36. The molecule has 0 heterocycles. The van der Waals surface area contributed by atoms with Crippen LogP contribution in [0.2, 0.25) is 0 Å². The van der Waals surface area contributed by atoms with Gasteiger partial charge in [-0.1, -0.05) is 27.2 Å². The van der Waals surface area contributed by atoms with Crippen molar-refractivity contribution in [3.8, 4) is 0 Å². The highest BCUT2D eigenvalue weighted by molar-refractivity contribution is 4.85. The number of unbranched alkanes of at least 4 members (excludes halogenated alkanes) is 1. The first-order valence-corrected chi connectivity index (χ1v) is 4.76. The monoisotopic (exact) mass is 157 g/mol. The van der Waals surface area contributed by atoms with Crippen molar-refractivity contribution in [2.24, 2.45) is 0 Å². The second-order valence-corrected chi connectivity index (χ2v) is 2.86. The molecule has 0 aromatic rings. The van der Waals surface area contributed by atoms with Crippen LogP contribution >= 0.6 is 0 Å². The van der Waals surface area contributed by atoms with E-state index in [1.54, 1.807) is 0 Å². The fourth-order valence-electron chi connectivity index (χ4n) is 0.917. The van der Waals surface area contributed by atoms with Crippen LogP contribution in [0, 0.1) is 5.92 Å². The average Bonchev–Trinajstić information content (AvgIpc) is 2.05. The minimum absolute atomic E-state index is 0.882. The van der Waals surface area contributed by atoms with E-state index in [1.165, 1.54) is 31.6 Å². The minimum atomic E-state index is 0.882. The Labute approximate surface area is 71.1 Å². The lowest BCUT2D eigenvalue weighted by Crippen LogP contribution is -2.06. The molecular formula is C10H21O. The molecule has 0 spiro atoms. The van der Waals surface area contributed by atoms with Gasteiger partial charge in [-0.25, -0.2) is 0 Å². The second kappa shape index (κ2) is 8.06. The van der Waals surface area contributed by atoms with Gasteiger partial charge in [0.2, 0.25) is 0 Å². The Kier molecular flexibility index (Phi) is 8.03. The predicted molar refractivity (Wildman–Crippen MR) is 49.6 cm³/mol. The Morgan fingerprint density at radius 3 is 2.18 bits per heavy atom. The van der Waals surface area contributed by atoms with Gasteiger partial charge < -0.3 is 4.74 Å². The van der Waals surface area contributed by atoms with Crippen LogP contribution in [0.4, 0.5) is 0 Å². The van der Waals surface area contributed by atoms with Crippen LogP contribution < -0.4 is 0 Å². The summed E-state index contributed by atoms with van der Waals surface area (Å²) in [5, 5.41) is 0. The van der Waals surface area contributed by atoms with E-state index in [2.05, 4.69) is 20.8 Å². The second-order valence-electron chi connectivity index (χ2n) is 2.86. The topological polar surface area (TPSA) is 9.23 Å². The first-order valence-electron chi connectivity index (χ1n) is 4.76. The summed E-state index contributed by atoms with van der Waals surface area (Å²) in [5.74, 6) is 1.53. The number of hydrogen-bond donors (Lipinski definition) is 0. The highest BCUT2D eigenvalue weighted by Gasteiger charge is 2.02. The molecule has 0 aliphatic rings. The van der Waals surface area contributed by atoms with Crippen LogP contribution in [-0.4, -0.2) is 13.2 Å². The Morgan fingerprint density at radius 2 is 1.73 bits per heavy atom. The van der Waals surface area contributed by atoms with Crippen molar-refractivity contribution >= 4 is 0 Å². The molecule has 0 bridgehead atoms. The third-order valence-corrected chi connectivity index (χ3v) is 1.95. The van der Waals surface area contributed by atoms with E-state index < -0.39 is 0 Å². The van der Waals surface area contributed by atoms with Gasteiger partial charge in [-0.15, -0.1) is 0 Å². The van der Waals surface area contributed by atoms with Crippen LogP contribution in [0.15, 0.2) is 0 Å². The van der Waals surface area contributed by atoms with Crippen LogP contribution in [-0.2, 0) is 4.74 Å². The van der Waals surface area contributed by atoms with Crippen LogP contribution in [0.5, 0.6) is 0 Å². The van der Waals surface area contributed by atoms with Gasteiger partial charge in [-0.3, -0.25) is 0 Å². The number of rotatable bonds is 7. The quantitative estimate of drug-likeness (QED) is 0.516. The fourth-order valence-corrected chi connectivity index (χ4v) is 0.917. The minimum Gasteiger partial charge on any atom is -0.381 e. The standard InChI is InChI=1S/C10H21O/c1-4-7-8-11-9-10(5-2)6-3/h4-9H2,1-3H3. The van der Waals surface area contributed by atoms with Gasteiger partial charge in [-0.05, 0) is 19.3 Å². The molecule has 1 nitrogen and oxygen atoms in total. The molecular weight excluding hydrogens is 136 g/mol. The van der Waals surface area contributed by atoms with E-state index in [0.29, 0.717) is 0 Å². The zero-order chi connectivity index (χ0) is 8.53. The van der Waals surface area contributed by atoms with E-state index in [9.17, 15) is 0 Å². The van der Waals surface area contributed by atoms with Gasteiger partial charge in [0.05, 0.1) is 6.61 Å². The maximum atomic E-state index is 5.48. The van der Waals surface area contributed by atoms with Crippen molar-refractivity contribution in [3.63, 3.8) is 0 Å². The molecule has 0 rings (SSSR count). The summed E-state index contributed by atoms with van der Waals surface area (Å²) in [4.78, 5) is 0. The van der Waals surface area contributed by atoms with E-state index in [-0.39, 0.29) is 0 Å². The molecule has 0 unspecified atom stereocenters.